The van der Waals surface area contributed by atoms with Gasteiger partial charge in [0, 0.05) is 6.42 Å². The maximum absolute atomic E-state index is 11.8. The lowest BCUT2D eigenvalue weighted by molar-refractivity contribution is -0.107. The monoisotopic (exact) mass is 454 g/mol. The molecule has 0 bridgehead atoms. The molecule has 0 radical (unpaired) electrons. The zero-order chi connectivity index (χ0) is 22.0. The topological polar surface area (TPSA) is 17.1 Å². The number of rotatable bonds is 10. The Balaban J connectivity index is 1.65. The average Bonchev–Trinajstić information content (AvgIpc) is 2.87. The highest BCUT2D eigenvalue weighted by atomic mass is 31.1. The van der Waals surface area contributed by atoms with Gasteiger partial charge in [0.2, 0.25) is 0 Å². The third-order valence-corrected chi connectivity index (χ3v) is 11.1. The standard InChI is InChI=1S/C29H28OP2/c30-23-21-29(32(27-17-9-3-10-18-27)28-19-11-4-12-20-28)22-24-31(25-13-5-1-6-14-25)26-15-7-2-8-16-26/h1-20,23,29H,21-22,24H2/t29-/m0/s1. The number of hydrogen-bond acceptors (Lipinski definition) is 1. The fourth-order valence-corrected chi connectivity index (χ4v) is 9.58. The maximum Gasteiger partial charge on any atom is 0.120 e. The van der Waals surface area contributed by atoms with Gasteiger partial charge in [-0.3, -0.25) is 0 Å². The van der Waals surface area contributed by atoms with Crippen LogP contribution in [0.25, 0.3) is 0 Å². The summed E-state index contributed by atoms with van der Waals surface area (Å²) in [4.78, 5) is 11.8. The molecule has 4 aromatic rings. The van der Waals surface area contributed by atoms with E-state index < -0.39 is 15.8 Å². The molecule has 0 aromatic heterocycles. The van der Waals surface area contributed by atoms with Gasteiger partial charge in [-0.15, -0.1) is 0 Å². The molecule has 0 N–H and O–H groups in total. The van der Waals surface area contributed by atoms with Crippen LogP contribution in [0.1, 0.15) is 12.8 Å². The summed E-state index contributed by atoms with van der Waals surface area (Å²) in [7, 11) is -1.07. The van der Waals surface area contributed by atoms with Crippen LogP contribution in [0.3, 0.4) is 0 Å². The van der Waals surface area contributed by atoms with Crippen molar-refractivity contribution in [1.82, 2.24) is 0 Å². The van der Waals surface area contributed by atoms with E-state index in [1.807, 2.05) is 0 Å². The molecule has 0 unspecified atom stereocenters. The smallest absolute Gasteiger partial charge is 0.120 e. The van der Waals surface area contributed by atoms with Gasteiger partial charge in [0.1, 0.15) is 6.29 Å². The fraction of sp³-hybridized carbons (Fsp3) is 0.138. The first-order valence-electron chi connectivity index (χ1n) is 11.1. The minimum atomic E-state index is -0.610. The Hall–Kier alpha value is -2.59. The molecule has 1 nitrogen and oxygen atoms in total. The molecule has 160 valence electrons. The van der Waals surface area contributed by atoms with Gasteiger partial charge < -0.3 is 4.79 Å². The van der Waals surface area contributed by atoms with Crippen molar-refractivity contribution < 1.29 is 4.79 Å². The van der Waals surface area contributed by atoms with Gasteiger partial charge in [0.15, 0.2) is 0 Å². The fourth-order valence-electron chi connectivity index (χ4n) is 4.11. The van der Waals surface area contributed by atoms with Crippen molar-refractivity contribution in [2.75, 3.05) is 6.16 Å². The second-order valence-corrected chi connectivity index (χ2v) is 12.5. The SMILES string of the molecule is O=CC[C@@H](CCP(c1ccccc1)c1ccccc1)P(c1ccccc1)c1ccccc1. The zero-order valence-corrected chi connectivity index (χ0v) is 19.9. The van der Waals surface area contributed by atoms with Crippen LogP contribution in [0.5, 0.6) is 0 Å². The van der Waals surface area contributed by atoms with Crippen LogP contribution in [-0.2, 0) is 4.79 Å². The lowest BCUT2D eigenvalue weighted by atomic mass is 10.2. The highest BCUT2D eigenvalue weighted by Gasteiger charge is 2.26. The largest absolute Gasteiger partial charge is 0.303 e. The molecular weight excluding hydrogens is 426 g/mol. The molecule has 0 aliphatic rings. The Morgan fingerprint density at radius 2 is 0.938 bits per heavy atom. The molecule has 0 aliphatic carbocycles. The number of benzene rings is 4. The van der Waals surface area contributed by atoms with Crippen molar-refractivity contribution in [1.29, 1.82) is 0 Å². The summed E-state index contributed by atoms with van der Waals surface area (Å²) < 4.78 is 0. The summed E-state index contributed by atoms with van der Waals surface area (Å²) in [5.41, 5.74) is 0.324. The van der Waals surface area contributed by atoms with E-state index in [1.165, 1.54) is 21.2 Å². The average molecular weight is 454 g/mol. The summed E-state index contributed by atoms with van der Waals surface area (Å²) in [5, 5.41) is 5.51. The summed E-state index contributed by atoms with van der Waals surface area (Å²) in [5.74, 6) is 0. The molecule has 32 heavy (non-hydrogen) atoms. The minimum absolute atomic E-state index is 0.324. The lowest BCUT2D eigenvalue weighted by Crippen LogP contribution is -2.24. The summed E-state index contributed by atoms with van der Waals surface area (Å²) in [6, 6.07) is 43.3. The van der Waals surface area contributed by atoms with Crippen molar-refractivity contribution in [3.8, 4) is 0 Å². The Kier molecular flexibility index (Phi) is 8.38. The lowest BCUT2D eigenvalue weighted by Gasteiger charge is -2.29. The van der Waals surface area contributed by atoms with Gasteiger partial charge in [-0.25, -0.2) is 0 Å². The van der Waals surface area contributed by atoms with Gasteiger partial charge in [-0.2, -0.15) is 0 Å². The Morgan fingerprint density at radius 1 is 0.562 bits per heavy atom. The number of hydrogen-bond donors (Lipinski definition) is 0. The Labute approximate surface area is 194 Å². The molecule has 4 aromatic carbocycles. The van der Waals surface area contributed by atoms with Crippen molar-refractivity contribution in [3.63, 3.8) is 0 Å². The van der Waals surface area contributed by atoms with Crippen molar-refractivity contribution >= 4 is 43.3 Å². The van der Waals surface area contributed by atoms with Crippen molar-refractivity contribution in [2.45, 2.75) is 18.5 Å². The van der Waals surface area contributed by atoms with E-state index in [2.05, 4.69) is 121 Å². The molecule has 1 atom stereocenters. The number of carbonyl (C=O) groups excluding carboxylic acids is 1. The Morgan fingerprint density at radius 3 is 1.31 bits per heavy atom. The van der Waals surface area contributed by atoms with Gasteiger partial charge in [-0.05, 0) is 55.3 Å². The predicted octanol–water partition coefficient (Wildman–Crippen LogP) is 5.60. The number of aldehydes is 1. The van der Waals surface area contributed by atoms with Crippen LogP contribution in [0.2, 0.25) is 0 Å². The predicted molar refractivity (Wildman–Crippen MR) is 142 cm³/mol. The van der Waals surface area contributed by atoms with Gasteiger partial charge in [0.05, 0.1) is 0 Å². The highest BCUT2D eigenvalue weighted by molar-refractivity contribution is 7.74. The van der Waals surface area contributed by atoms with Crippen molar-refractivity contribution in [2.24, 2.45) is 0 Å². The zero-order valence-electron chi connectivity index (χ0n) is 18.1. The van der Waals surface area contributed by atoms with Gasteiger partial charge in [0.25, 0.3) is 0 Å². The highest BCUT2D eigenvalue weighted by Crippen LogP contribution is 2.45. The van der Waals surface area contributed by atoms with Crippen LogP contribution < -0.4 is 21.2 Å². The summed E-state index contributed by atoms with van der Waals surface area (Å²) >= 11 is 0. The third-order valence-electron chi connectivity index (χ3n) is 5.62. The second kappa shape index (κ2) is 11.9. The second-order valence-electron chi connectivity index (χ2n) is 7.71. The molecule has 0 saturated heterocycles. The molecule has 4 rings (SSSR count). The van der Waals surface area contributed by atoms with Crippen LogP contribution in [0, 0.1) is 0 Å². The Bertz CT molecular complexity index is 990. The first-order chi connectivity index (χ1) is 15.9. The first kappa shape index (κ1) is 22.6. The van der Waals surface area contributed by atoms with E-state index in [0.717, 1.165) is 18.9 Å². The van der Waals surface area contributed by atoms with Crippen LogP contribution in [0.15, 0.2) is 121 Å². The maximum atomic E-state index is 11.8. The van der Waals surface area contributed by atoms with Crippen LogP contribution >= 0.6 is 15.8 Å². The molecule has 0 saturated carbocycles. The van der Waals surface area contributed by atoms with Gasteiger partial charge in [-0.1, -0.05) is 121 Å². The van der Waals surface area contributed by atoms with Crippen LogP contribution in [0.4, 0.5) is 0 Å². The van der Waals surface area contributed by atoms with Crippen LogP contribution in [-0.4, -0.2) is 18.1 Å². The van der Waals surface area contributed by atoms with E-state index in [-0.39, 0.29) is 0 Å². The summed E-state index contributed by atoms with van der Waals surface area (Å²) in [6.45, 7) is 0. The quantitative estimate of drug-likeness (QED) is 0.225. The van der Waals surface area contributed by atoms with E-state index >= 15 is 0 Å². The van der Waals surface area contributed by atoms with Crippen molar-refractivity contribution in [3.05, 3.63) is 121 Å². The molecule has 3 heteroatoms. The van der Waals surface area contributed by atoms with E-state index in [1.54, 1.807) is 0 Å². The molecule has 0 heterocycles. The molecular formula is C29H28OP2. The molecule has 0 spiro atoms. The third kappa shape index (κ3) is 5.80. The molecule has 0 fully saturated rings. The number of carbonyl (C=O) groups is 1. The summed E-state index contributed by atoms with van der Waals surface area (Å²) in [6.07, 6.45) is 3.84. The van der Waals surface area contributed by atoms with E-state index in [4.69, 9.17) is 0 Å². The van der Waals surface area contributed by atoms with E-state index in [9.17, 15) is 4.79 Å². The van der Waals surface area contributed by atoms with E-state index in [0.29, 0.717) is 12.1 Å². The minimum Gasteiger partial charge on any atom is -0.303 e. The normalized spacial score (nSPS) is 12.1. The molecule has 0 aliphatic heterocycles. The van der Waals surface area contributed by atoms with Gasteiger partial charge >= 0.3 is 0 Å². The molecule has 0 amide bonds. The first-order valence-corrected chi connectivity index (χ1v) is 14.0.